The summed E-state index contributed by atoms with van der Waals surface area (Å²) in [4.78, 5) is 0. The van der Waals surface area contributed by atoms with E-state index in [4.69, 9.17) is 0 Å². The van der Waals surface area contributed by atoms with E-state index in [0.717, 1.165) is 48.3 Å². The predicted octanol–water partition coefficient (Wildman–Crippen LogP) is 7.80. The Hall–Kier alpha value is -0.560. The largest absolute Gasteiger partial charge is 0.393 e. The molecule has 170 valence electrons. The van der Waals surface area contributed by atoms with Gasteiger partial charge in [-0.15, -0.1) is 0 Å². The normalized spacial score (nSPS) is 45.6. The topological polar surface area (TPSA) is 20.2 Å². The van der Waals surface area contributed by atoms with E-state index >= 15 is 0 Å². The van der Waals surface area contributed by atoms with Gasteiger partial charge in [0.25, 0.3) is 0 Å². The lowest BCUT2D eigenvalue weighted by Gasteiger charge is -2.58. The Morgan fingerprint density at radius 1 is 1.03 bits per heavy atom. The van der Waals surface area contributed by atoms with Gasteiger partial charge in [0.1, 0.15) is 0 Å². The third kappa shape index (κ3) is 3.66. The number of fused-ring (bicyclic) bond motifs is 5. The van der Waals surface area contributed by atoms with E-state index in [1.165, 1.54) is 44.9 Å². The quantitative estimate of drug-likeness (QED) is 0.457. The first-order valence-corrected chi connectivity index (χ1v) is 13.3. The minimum atomic E-state index is -0.0870. The molecule has 4 aliphatic rings. The number of allylic oxidation sites excluding steroid dienone is 3. The third-order valence-electron chi connectivity index (χ3n) is 10.8. The molecular formula is C29H48O. The van der Waals surface area contributed by atoms with Crippen LogP contribution in [0.1, 0.15) is 99.3 Å². The molecule has 1 heteroatoms. The summed E-state index contributed by atoms with van der Waals surface area (Å²) < 4.78 is 0. The standard InChI is InChI=1S/C29H48O/c1-7-21(19(2)3)9-8-20(4)25-12-13-26-24-11-10-22-18-23(30)14-16-28(22,5)27(24)15-17-29(25,26)6/h8-10,19-21,23-27,30H,7,11-18H2,1-6H3/b9-8+/t20?,21-,23+,24?,25?,26?,27?,28+,29-/m1/s1. The Bertz CT molecular complexity index is 674. The summed E-state index contributed by atoms with van der Waals surface area (Å²) >= 11 is 0. The summed E-state index contributed by atoms with van der Waals surface area (Å²) in [5.74, 6) is 5.70. The molecule has 30 heavy (non-hydrogen) atoms. The Balaban J connectivity index is 1.52. The van der Waals surface area contributed by atoms with Crippen LogP contribution in [0, 0.1) is 52.3 Å². The van der Waals surface area contributed by atoms with Gasteiger partial charge in [-0.25, -0.2) is 0 Å². The molecule has 9 atom stereocenters. The van der Waals surface area contributed by atoms with Crippen LogP contribution in [0.25, 0.3) is 0 Å². The molecule has 4 aliphatic carbocycles. The zero-order chi connectivity index (χ0) is 21.7. The van der Waals surface area contributed by atoms with Gasteiger partial charge in [-0.1, -0.05) is 65.3 Å². The van der Waals surface area contributed by atoms with E-state index in [1.807, 2.05) is 0 Å². The molecule has 1 nitrogen and oxygen atoms in total. The summed E-state index contributed by atoms with van der Waals surface area (Å²) in [6, 6.07) is 0. The highest BCUT2D eigenvalue weighted by molar-refractivity contribution is 5.25. The van der Waals surface area contributed by atoms with Crippen LogP contribution in [0.2, 0.25) is 0 Å². The number of aliphatic hydroxyl groups is 1. The maximum atomic E-state index is 10.2. The van der Waals surface area contributed by atoms with Gasteiger partial charge in [0.15, 0.2) is 0 Å². The Morgan fingerprint density at radius 3 is 2.50 bits per heavy atom. The van der Waals surface area contributed by atoms with E-state index in [9.17, 15) is 5.11 Å². The number of hydrogen-bond donors (Lipinski definition) is 1. The molecule has 0 amide bonds. The van der Waals surface area contributed by atoms with Crippen LogP contribution < -0.4 is 0 Å². The average molecular weight is 413 g/mol. The van der Waals surface area contributed by atoms with Crippen LogP contribution in [0.3, 0.4) is 0 Å². The fraction of sp³-hybridized carbons (Fsp3) is 0.862. The van der Waals surface area contributed by atoms with E-state index in [2.05, 4.69) is 59.8 Å². The van der Waals surface area contributed by atoms with Crippen LogP contribution in [0.15, 0.2) is 23.8 Å². The fourth-order valence-electron chi connectivity index (χ4n) is 8.83. The lowest BCUT2D eigenvalue weighted by atomic mass is 9.47. The van der Waals surface area contributed by atoms with Crippen molar-refractivity contribution in [2.75, 3.05) is 0 Å². The van der Waals surface area contributed by atoms with Crippen LogP contribution >= 0.6 is 0 Å². The maximum absolute atomic E-state index is 10.2. The molecular weight excluding hydrogens is 364 g/mol. The molecule has 0 aromatic rings. The Kier molecular flexibility index (Phi) is 6.35. The number of hydrogen-bond acceptors (Lipinski definition) is 1. The van der Waals surface area contributed by atoms with Gasteiger partial charge in [-0.05, 0) is 110 Å². The second-order valence-electron chi connectivity index (χ2n) is 12.4. The van der Waals surface area contributed by atoms with Crippen molar-refractivity contribution >= 4 is 0 Å². The maximum Gasteiger partial charge on any atom is 0.0577 e. The minimum absolute atomic E-state index is 0.0870. The van der Waals surface area contributed by atoms with Gasteiger partial charge < -0.3 is 5.11 Å². The van der Waals surface area contributed by atoms with E-state index in [0.29, 0.717) is 16.7 Å². The highest BCUT2D eigenvalue weighted by atomic mass is 16.3. The molecule has 0 aromatic heterocycles. The first-order chi connectivity index (χ1) is 14.2. The van der Waals surface area contributed by atoms with E-state index in [-0.39, 0.29) is 6.10 Å². The lowest BCUT2D eigenvalue weighted by molar-refractivity contribution is -0.0540. The molecule has 0 radical (unpaired) electrons. The van der Waals surface area contributed by atoms with Gasteiger partial charge in [0.2, 0.25) is 0 Å². The Morgan fingerprint density at radius 2 is 1.80 bits per heavy atom. The third-order valence-corrected chi connectivity index (χ3v) is 10.8. The molecule has 3 saturated carbocycles. The summed E-state index contributed by atoms with van der Waals surface area (Å²) in [6.45, 7) is 14.8. The van der Waals surface area contributed by atoms with Gasteiger partial charge in [0.05, 0.1) is 6.10 Å². The zero-order valence-electron chi connectivity index (χ0n) is 20.7. The minimum Gasteiger partial charge on any atom is -0.393 e. The van der Waals surface area contributed by atoms with Crippen LogP contribution in [0.5, 0.6) is 0 Å². The van der Waals surface area contributed by atoms with Crippen molar-refractivity contribution in [3.8, 4) is 0 Å². The monoisotopic (exact) mass is 412 g/mol. The second kappa shape index (κ2) is 8.42. The summed E-state index contributed by atoms with van der Waals surface area (Å²) in [7, 11) is 0. The lowest BCUT2D eigenvalue weighted by Crippen LogP contribution is -2.50. The Labute approximate surface area is 186 Å². The highest BCUT2D eigenvalue weighted by Crippen LogP contribution is 2.67. The number of aliphatic hydroxyl groups excluding tert-OH is 1. The first kappa shape index (κ1) is 22.6. The summed E-state index contributed by atoms with van der Waals surface area (Å²) in [5, 5.41) is 10.2. The predicted molar refractivity (Wildman–Crippen MR) is 128 cm³/mol. The molecule has 3 fully saturated rings. The molecule has 5 unspecified atom stereocenters. The molecule has 0 bridgehead atoms. The van der Waals surface area contributed by atoms with Crippen molar-refractivity contribution in [2.45, 2.75) is 105 Å². The van der Waals surface area contributed by atoms with Gasteiger partial charge >= 0.3 is 0 Å². The van der Waals surface area contributed by atoms with Crippen molar-refractivity contribution in [2.24, 2.45) is 52.3 Å². The SMILES string of the molecule is CC[C@H](/C=C/C(C)C1CCC2C3CC=C4C[C@@H](O)CC[C@]4(C)C3CC[C@]12C)C(C)C. The van der Waals surface area contributed by atoms with E-state index in [1.54, 1.807) is 5.57 Å². The van der Waals surface area contributed by atoms with Crippen molar-refractivity contribution in [3.05, 3.63) is 23.8 Å². The smallest absolute Gasteiger partial charge is 0.0577 e. The van der Waals surface area contributed by atoms with Crippen molar-refractivity contribution in [1.29, 1.82) is 0 Å². The van der Waals surface area contributed by atoms with Crippen LogP contribution in [-0.4, -0.2) is 11.2 Å². The molecule has 0 heterocycles. The highest BCUT2D eigenvalue weighted by Gasteiger charge is 2.58. The second-order valence-corrected chi connectivity index (χ2v) is 12.4. The van der Waals surface area contributed by atoms with Gasteiger partial charge in [-0.3, -0.25) is 0 Å². The first-order valence-electron chi connectivity index (χ1n) is 13.3. The molecule has 0 spiro atoms. The molecule has 1 N–H and O–H groups in total. The van der Waals surface area contributed by atoms with Crippen molar-refractivity contribution in [3.63, 3.8) is 0 Å². The molecule has 0 aromatic carbocycles. The number of rotatable bonds is 5. The molecule has 4 rings (SSSR count). The van der Waals surface area contributed by atoms with Crippen molar-refractivity contribution < 1.29 is 5.11 Å². The average Bonchev–Trinajstić information content (AvgIpc) is 3.06. The molecule has 0 saturated heterocycles. The van der Waals surface area contributed by atoms with Crippen molar-refractivity contribution in [1.82, 2.24) is 0 Å². The zero-order valence-corrected chi connectivity index (χ0v) is 20.7. The van der Waals surface area contributed by atoms with Crippen LogP contribution in [0.4, 0.5) is 0 Å². The van der Waals surface area contributed by atoms with Gasteiger partial charge in [0, 0.05) is 0 Å². The summed E-state index contributed by atoms with van der Waals surface area (Å²) in [5.41, 5.74) is 2.51. The summed E-state index contributed by atoms with van der Waals surface area (Å²) in [6.07, 6.45) is 19.1. The molecule has 0 aliphatic heterocycles. The van der Waals surface area contributed by atoms with Crippen LogP contribution in [-0.2, 0) is 0 Å². The fourth-order valence-corrected chi connectivity index (χ4v) is 8.83. The van der Waals surface area contributed by atoms with E-state index < -0.39 is 0 Å². The van der Waals surface area contributed by atoms with Gasteiger partial charge in [-0.2, -0.15) is 0 Å².